The van der Waals surface area contributed by atoms with E-state index in [0.29, 0.717) is 12.8 Å². The highest BCUT2D eigenvalue weighted by Crippen LogP contribution is 2.49. The van der Waals surface area contributed by atoms with Gasteiger partial charge in [0.25, 0.3) is 0 Å². The molecule has 1 fully saturated rings. The van der Waals surface area contributed by atoms with Crippen molar-refractivity contribution >= 4 is 40.6 Å². The standard InChI is InChI=1S/C8H11Cl3O/c1-7(2)4-6(12)5(7)3-8(9,10)11/h5H,3-4H2,1-2H3. The minimum atomic E-state index is -1.29. The van der Waals surface area contributed by atoms with Gasteiger partial charge in [-0.3, -0.25) is 4.79 Å². The highest BCUT2D eigenvalue weighted by molar-refractivity contribution is 6.67. The molecule has 0 heterocycles. The number of ketones is 1. The molecule has 70 valence electrons. The van der Waals surface area contributed by atoms with E-state index in [1.54, 1.807) is 0 Å². The van der Waals surface area contributed by atoms with E-state index < -0.39 is 3.79 Å². The summed E-state index contributed by atoms with van der Waals surface area (Å²) >= 11 is 16.8. The van der Waals surface area contributed by atoms with Gasteiger partial charge in [0.05, 0.1) is 0 Å². The van der Waals surface area contributed by atoms with Crippen LogP contribution in [-0.2, 0) is 4.79 Å². The Morgan fingerprint density at radius 1 is 1.50 bits per heavy atom. The molecule has 0 aromatic heterocycles. The predicted octanol–water partition coefficient (Wildman–Crippen LogP) is 3.36. The zero-order chi connectivity index (χ0) is 9.57. The first-order valence-corrected chi connectivity index (χ1v) is 4.95. The highest BCUT2D eigenvalue weighted by atomic mass is 35.6. The van der Waals surface area contributed by atoms with E-state index in [-0.39, 0.29) is 17.1 Å². The lowest BCUT2D eigenvalue weighted by Crippen LogP contribution is -2.46. The third kappa shape index (κ3) is 2.27. The van der Waals surface area contributed by atoms with Crippen LogP contribution in [0.2, 0.25) is 0 Å². The molecular formula is C8H11Cl3O. The molecule has 0 aromatic rings. The van der Waals surface area contributed by atoms with Crippen LogP contribution in [0.3, 0.4) is 0 Å². The Morgan fingerprint density at radius 2 is 2.00 bits per heavy atom. The molecule has 1 aliphatic carbocycles. The van der Waals surface area contributed by atoms with Crippen molar-refractivity contribution in [1.29, 1.82) is 0 Å². The Morgan fingerprint density at radius 3 is 2.17 bits per heavy atom. The molecule has 1 aliphatic rings. The number of carbonyl (C=O) groups is 1. The summed E-state index contributed by atoms with van der Waals surface area (Å²) in [4.78, 5) is 11.1. The van der Waals surface area contributed by atoms with Crippen molar-refractivity contribution < 1.29 is 4.79 Å². The summed E-state index contributed by atoms with van der Waals surface area (Å²) < 4.78 is -1.29. The lowest BCUT2D eigenvalue weighted by atomic mass is 9.60. The van der Waals surface area contributed by atoms with Gasteiger partial charge in [-0.05, 0) is 5.41 Å². The predicted molar refractivity (Wildman–Crippen MR) is 51.8 cm³/mol. The van der Waals surface area contributed by atoms with Gasteiger partial charge in [-0.2, -0.15) is 0 Å². The highest BCUT2D eigenvalue weighted by Gasteiger charge is 2.49. The zero-order valence-corrected chi connectivity index (χ0v) is 9.30. The first kappa shape index (κ1) is 10.6. The van der Waals surface area contributed by atoms with Crippen molar-refractivity contribution in [3.05, 3.63) is 0 Å². The van der Waals surface area contributed by atoms with Crippen molar-refractivity contribution in [2.24, 2.45) is 11.3 Å². The van der Waals surface area contributed by atoms with E-state index in [1.807, 2.05) is 13.8 Å². The fraction of sp³-hybridized carbons (Fsp3) is 0.875. The van der Waals surface area contributed by atoms with E-state index in [0.717, 1.165) is 0 Å². The Bertz CT molecular complexity index is 205. The molecule has 0 N–H and O–H groups in total. The minimum absolute atomic E-state index is 0.0149. The third-order valence-electron chi connectivity index (χ3n) is 2.40. The normalized spacial score (nSPS) is 28.4. The van der Waals surface area contributed by atoms with Crippen molar-refractivity contribution in [3.8, 4) is 0 Å². The van der Waals surface area contributed by atoms with Gasteiger partial charge in [-0.25, -0.2) is 0 Å². The number of alkyl halides is 3. The van der Waals surface area contributed by atoms with E-state index >= 15 is 0 Å². The molecule has 0 saturated heterocycles. The molecule has 0 radical (unpaired) electrons. The first-order valence-electron chi connectivity index (χ1n) is 3.82. The number of hydrogen-bond donors (Lipinski definition) is 0. The zero-order valence-electron chi connectivity index (χ0n) is 7.03. The van der Waals surface area contributed by atoms with Crippen molar-refractivity contribution in [2.75, 3.05) is 0 Å². The summed E-state index contributed by atoms with van der Waals surface area (Å²) in [5, 5.41) is 0. The average Bonchev–Trinajstić information content (AvgIpc) is 1.81. The molecule has 1 unspecified atom stereocenters. The summed E-state index contributed by atoms with van der Waals surface area (Å²) in [7, 11) is 0. The van der Waals surface area contributed by atoms with Crippen LogP contribution in [0.1, 0.15) is 26.7 Å². The topological polar surface area (TPSA) is 17.1 Å². The molecule has 12 heavy (non-hydrogen) atoms. The van der Waals surface area contributed by atoms with Gasteiger partial charge < -0.3 is 0 Å². The van der Waals surface area contributed by atoms with Crippen LogP contribution in [-0.4, -0.2) is 9.58 Å². The van der Waals surface area contributed by atoms with Crippen LogP contribution in [0, 0.1) is 11.3 Å². The van der Waals surface area contributed by atoms with Gasteiger partial charge in [0.2, 0.25) is 0 Å². The van der Waals surface area contributed by atoms with Crippen LogP contribution in [0.5, 0.6) is 0 Å². The second-order valence-corrected chi connectivity index (χ2v) is 6.52. The monoisotopic (exact) mass is 228 g/mol. The number of hydrogen-bond acceptors (Lipinski definition) is 1. The first-order chi connectivity index (χ1) is 5.22. The van der Waals surface area contributed by atoms with Gasteiger partial charge in [0.1, 0.15) is 5.78 Å². The van der Waals surface area contributed by atoms with Crippen LogP contribution >= 0.6 is 34.8 Å². The molecule has 0 amide bonds. The summed E-state index contributed by atoms with van der Waals surface area (Å²) in [5.41, 5.74) is 0.0149. The second kappa shape index (κ2) is 3.04. The van der Waals surface area contributed by atoms with Crippen LogP contribution in [0.15, 0.2) is 0 Å². The number of Topliss-reactive ketones (excluding diaryl/α,β-unsaturated/α-hetero) is 1. The summed E-state index contributed by atoms with van der Waals surface area (Å²) in [6.07, 6.45) is 0.946. The van der Waals surface area contributed by atoms with Gasteiger partial charge in [0, 0.05) is 18.8 Å². The summed E-state index contributed by atoms with van der Waals surface area (Å²) in [6, 6.07) is 0. The van der Waals surface area contributed by atoms with Crippen molar-refractivity contribution in [2.45, 2.75) is 30.5 Å². The maximum Gasteiger partial charge on any atom is 0.191 e. The molecule has 1 saturated carbocycles. The molecule has 1 nitrogen and oxygen atoms in total. The van der Waals surface area contributed by atoms with Crippen LogP contribution in [0.25, 0.3) is 0 Å². The van der Waals surface area contributed by atoms with E-state index in [4.69, 9.17) is 34.8 Å². The molecule has 1 atom stereocenters. The van der Waals surface area contributed by atoms with Gasteiger partial charge in [-0.1, -0.05) is 48.7 Å². The Kier molecular flexibility index (Phi) is 2.69. The van der Waals surface area contributed by atoms with Crippen LogP contribution < -0.4 is 0 Å². The van der Waals surface area contributed by atoms with E-state index in [9.17, 15) is 4.79 Å². The third-order valence-corrected chi connectivity index (χ3v) is 2.86. The van der Waals surface area contributed by atoms with Gasteiger partial charge >= 0.3 is 0 Å². The Labute approximate surface area is 87.4 Å². The summed E-state index contributed by atoms with van der Waals surface area (Å²) in [6.45, 7) is 4.05. The molecule has 0 aromatic carbocycles. The van der Waals surface area contributed by atoms with E-state index in [2.05, 4.69) is 0 Å². The molecular weight excluding hydrogens is 218 g/mol. The molecule has 0 aliphatic heterocycles. The van der Waals surface area contributed by atoms with Gasteiger partial charge in [0.15, 0.2) is 3.79 Å². The number of rotatable bonds is 1. The number of halogens is 3. The number of carbonyl (C=O) groups excluding carboxylic acids is 1. The fourth-order valence-electron chi connectivity index (χ4n) is 1.62. The molecule has 0 spiro atoms. The van der Waals surface area contributed by atoms with Gasteiger partial charge in [-0.15, -0.1) is 0 Å². The largest absolute Gasteiger partial charge is 0.299 e. The average molecular weight is 230 g/mol. The maximum atomic E-state index is 11.1. The lowest BCUT2D eigenvalue weighted by Gasteiger charge is -2.43. The molecule has 4 heteroatoms. The lowest BCUT2D eigenvalue weighted by molar-refractivity contribution is -0.140. The summed E-state index contributed by atoms with van der Waals surface area (Å²) in [5.74, 6) is 0.135. The maximum absolute atomic E-state index is 11.1. The fourth-order valence-corrected chi connectivity index (χ4v) is 2.08. The van der Waals surface area contributed by atoms with Crippen molar-refractivity contribution in [1.82, 2.24) is 0 Å². The van der Waals surface area contributed by atoms with Crippen LogP contribution in [0.4, 0.5) is 0 Å². The molecule has 1 rings (SSSR count). The molecule has 0 bridgehead atoms. The quantitative estimate of drug-likeness (QED) is 0.630. The Hall–Kier alpha value is 0.540. The smallest absolute Gasteiger partial charge is 0.191 e. The Balaban J connectivity index is 2.58. The van der Waals surface area contributed by atoms with Crippen molar-refractivity contribution in [3.63, 3.8) is 0 Å². The SMILES string of the molecule is CC1(C)CC(=O)C1CC(Cl)(Cl)Cl. The minimum Gasteiger partial charge on any atom is -0.299 e. The second-order valence-electron chi connectivity index (χ2n) is 4.00. The van der Waals surface area contributed by atoms with E-state index in [1.165, 1.54) is 0 Å².